The average Bonchev–Trinajstić information content (AvgIpc) is 2.48. The fourth-order valence-corrected chi connectivity index (χ4v) is 3.47. The Morgan fingerprint density at radius 3 is 2.45 bits per heavy atom. The summed E-state index contributed by atoms with van der Waals surface area (Å²) in [6, 6.07) is 0.170. The highest BCUT2D eigenvalue weighted by atomic mass is 16.2. The number of nitrogens with two attached hydrogens (primary N) is 1. The normalized spacial score (nSPS) is 19.8. The Morgan fingerprint density at radius 2 is 1.77 bits per heavy atom. The van der Waals surface area contributed by atoms with Crippen molar-refractivity contribution in [2.24, 2.45) is 11.7 Å². The van der Waals surface area contributed by atoms with Gasteiger partial charge in [-0.15, -0.1) is 0 Å². The molecule has 22 heavy (non-hydrogen) atoms. The molecule has 0 spiro atoms. The number of hydrogen-bond donors (Lipinski definition) is 2. The first-order valence-corrected chi connectivity index (χ1v) is 8.96. The quantitative estimate of drug-likeness (QED) is 0.671. The van der Waals surface area contributed by atoms with Crippen LogP contribution in [0.25, 0.3) is 0 Å². The number of carbonyl (C=O) groups excluding carboxylic acids is 2. The van der Waals surface area contributed by atoms with Crippen LogP contribution >= 0.6 is 0 Å². The highest BCUT2D eigenvalue weighted by Crippen LogP contribution is 2.26. The van der Waals surface area contributed by atoms with Crippen LogP contribution in [-0.2, 0) is 9.59 Å². The van der Waals surface area contributed by atoms with E-state index in [0.717, 1.165) is 19.3 Å². The minimum Gasteiger partial charge on any atom is -0.350 e. The molecule has 1 aliphatic carbocycles. The van der Waals surface area contributed by atoms with Crippen molar-refractivity contribution in [1.82, 2.24) is 10.2 Å². The third-order valence-electron chi connectivity index (χ3n) is 4.89. The van der Waals surface area contributed by atoms with E-state index in [-0.39, 0.29) is 17.9 Å². The third-order valence-corrected chi connectivity index (χ3v) is 4.89. The maximum atomic E-state index is 12.0. The second-order valence-corrected chi connectivity index (χ2v) is 6.87. The number of amides is 2. The fraction of sp³-hybridized carbons (Fsp3) is 0.882. The van der Waals surface area contributed by atoms with E-state index in [0.29, 0.717) is 38.4 Å². The lowest BCUT2D eigenvalue weighted by Gasteiger charge is -2.40. The Hall–Kier alpha value is -1.10. The zero-order valence-electron chi connectivity index (χ0n) is 13.7. The van der Waals surface area contributed by atoms with Gasteiger partial charge in [-0.3, -0.25) is 9.59 Å². The van der Waals surface area contributed by atoms with Crippen molar-refractivity contribution in [3.8, 4) is 0 Å². The molecule has 126 valence electrons. The van der Waals surface area contributed by atoms with Crippen LogP contribution < -0.4 is 11.1 Å². The van der Waals surface area contributed by atoms with E-state index in [4.69, 9.17) is 5.73 Å². The first-order valence-electron chi connectivity index (χ1n) is 8.96. The zero-order valence-corrected chi connectivity index (χ0v) is 13.7. The Kier molecular flexibility index (Phi) is 7.16. The van der Waals surface area contributed by atoms with E-state index in [1.54, 1.807) is 0 Å². The van der Waals surface area contributed by atoms with Gasteiger partial charge in [-0.25, -0.2) is 0 Å². The number of rotatable bonds is 8. The van der Waals surface area contributed by atoms with Crippen LogP contribution in [-0.4, -0.2) is 42.4 Å². The Labute approximate surface area is 134 Å². The molecule has 0 radical (unpaired) electrons. The smallest absolute Gasteiger partial charge is 0.222 e. The summed E-state index contributed by atoms with van der Waals surface area (Å²) in [5.41, 5.74) is 5.44. The third kappa shape index (κ3) is 5.59. The maximum absolute atomic E-state index is 12.0. The number of nitrogens with zero attached hydrogens (tertiary/aromatic N) is 1. The summed E-state index contributed by atoms with van der Waals surface area (Å²) in [6.45, 7) is 2.07. The van der Waals surface area contributed by atoms with Crippen molar-refractivity contribution in [3.05, 3.63) is 0 Å². The largest absolute Gasteiger partial charge is 0.350 e. The standard InChI is InChI=1S/C17H31N3O2/c18-10-6-2-5-9-17(22)20-12-15(13-20)19-16(21)11-14-7-3-1-4-8-14/h14-15H,1-13,18H2,(H,19,21). The number of likely N-dealkylation sites (tertiary alicyclic amines) is 1. The Bertz CT molecular complexity index is 361. The molecule has 0 bridgehead atoms. The number of carbonyl (C=O) groups is 2. The van der Waals surface area contributed by atoms with Crippen molar-refractivity contribution < 1.29 is 9.59 Å². The topological polar surface area (TPSA) is 75.4 Å². The van der Waals surface area contributed by atoms with Gasteiger partial charge in [0.05, 0.1) is 6.04 Å². The van der Waals surface area contributed by atoms with Crippen LogP contribution in [0.15, 0.2) is 0 Å². The van der Waals surface area contributed by atoms with E-state index in [1.165, 1.54) is 32.1 Å². The first-order chi connectivity index (χ1) is 10.7. The summed E-state index contributed by atoms with van der Waals surface area (Å²) >= 11 is 0. The van der Waals surface area contributed by atoms with Gasteiger partial charge in [-0.1, -0.05) is 25.7 Å². The number of hydrogen-bond acceptors (Lipinski definition) is 3. The minimum absolute atomic E-state index is 0.170. The predicted octanol–water partition coefficient (Wildman–Crippen LogP) is 1.80. The van der Waals surface area contributed by atoms with E-state index in [9.17, 15) is 9.59 Å². The van der Waals surface area contributed by atoms with E-state index in [2.05, 4.69) is 5.32 Å². The first kappa shape index (κ1) is 17.3. The molecular formula is C17H31N3O2. The Morgan fingerprint density at radius 1 is 1.05 bits per heavy atom. The van der Waals surface area contributed by atoms with Gasteiger partial charge in [0.1, 0.15) is 0 Å². The molecule has 1 saturated carbocycles. The highest BCUT2D eigenvalue weighted by molar-refractivity contribution is 5.79. The minimum atomic E-state index is 0.170. The monoisotopic (exact) mass is 309 g/mol. The van der Waals surface area contributed by atoms with Gasteiger partial charge < -0.3 is 16.0 Å². The van der Waals surface area contributed by atoms with Gasteiger partial charge in [-0.2, -0.15) is 0 Å². The van der Waals surface area contributed by atoms with Crippen molar-refractivity contribution in [1.29, 1.82) is 0 Å². The van der Waals surface area contributed by atoms with E-state index < -0.39 is 0 Å². The molecule has 1 aliphatic heterocycles. The molecule has 5 nitrogen and oxygen atoms in total. The molecule has 2 fully saturated rings. The summed E-state index contributed by atoms with van der Waals surface area (Å²) in [4.78, 5) is 25.8. The summed E-state index contributed by atoms with van der Waals surface area (Å²) in [6.07, 6.45) is 10.5. The van der Waals surface area contributed by atoms with Crippen LogP contribution in [0.2, 0.25) is 0 Å². The maximum Gasteiger partial charge on any atom is 0.222 e. The zero-order chi connectivity index (χ0) is 15.8. The lowest BCUT2D eigenvalue weighted by atomic mass is 9.87. The molecule has 2 rings (SSSR count). The van der Waals surface area contributed by atoms with Crippen molar-refractivity contribution in [3.63, 3.8) is 0 Å². The molecule has 5 heteroatoms. The van der Waals surface area contributed by atoms with Crippen molar-refractivity contribution in [2.45, 2.75) is 70.3 Å². The van der Waals surface area contributed by atoms with E-state index in [1.807, 2.05) is 4.90 Å². The summed E-state index contributed by atoms with van der Waals surface area (Å²) in [5.74, 6) is 0.968. The number of nitrogens with one attached hydrogen (secondary N) is 1. The van der Waals surface area contributed by atoms with Crippen LogP contribution in [0.5, 0.6) is 0 Å². The molecule has 0 aromatic carbocycles. The lowest BCUT2D eigenvalue weighted by molar-refractivity contribution is -0.138. The van der Waals surface area contributed by atoms with Crippen molar-refractivity contribution >= 4 is 11.8 Å². The van der Waals surface area contributed by atoms with Crippen LogP contribution in [0.1, 0.15) is 64.2 Å². The average molecular weight is 309 g/mol. The van der Waals surface area contributed by atoms with Crippen LogP contribution in [0.4, 0.5) is 0 Å². The van der Waals surface area contributed by atoms with Gasteiger partial charge in [0.15, 0.2) is 0 Å². The van der Waals surface area contributed by atoms with Gasteiger partial charge in [0.25, 0.3) is 0 Å². The molecule has 2 amide bonds. The molecule has 0 atom stereocenters. The lowest BCUT2D eigenvalue weighted by Crippen LogP contribution is -2.61. The number of unbranched alkanes of at least 4 members (excludes halogenated alkanes) is 2. The second-order valence-electron chi connectivity index (χ2n) is 6.87. The molecular weight excluding hydrogens is 278 g/mol. The van der Waals surface area contributed by atoms with Gasteiger partial charge in [0.2, 0.25) is 11.8 Å². The van der Waals surface area contributed by atoms with Crippen molar-refractivity contribution in [2.75, 3.05) is 19.6 Å². The molecule has 1 saturated heterocycles. The molecule has 0 aromatic heterocycles. The molecule has 1 heterocycles. The van der Waals surface area contributed by atoms with Gasteiger partial charge in [0, 0.05) is 25.9 Å². The molecule has 3 N–H and O–H groups in total. The summed E-state index contributed by atoms with van der Waals surface area (Å²) in [7, 11) is 0. The van der Waals surface area contributed by atoms with E-state index >= 15 is 0 Å². The molecule has 0 unspecified atom stereocenters. The Balaban J connectivity index is 1.54. The SMILES string of the molecule is NCCCCCC(=O)N1CC(NC(=O)CC2CCCCC2)C1. The summed E-state index contributed by atoms with van der Waals surface area (Å²) in [5, 5.41) is 3.08. The van der Waals surface area contributed by atoms with Crippen LogP contribution in [0.3, 0.4) is 0 Å². The van der Waals surface area contributed by atoms with Crippen LogP contribution in [0, 0.1) is 5.92 Å². The highest BCUT2D eigenvalue weighted by Gasteiger charge is 2.31. The fourth-order valence-electron chi connectivity index (χ4n) is 3.47. The second kappa shape index (κ2) is 9.13. The predicted molar refractivity (Wildman–Crippen MR) is 87.2 cm³/mol. The molecule has 0 aromatic rings. The van der Waals surface area contributed by atoms with Gasteiger partial charge >= 0.3 is 0 Å². The van der Waals surface area contributed by atoms with Gasteiger partial charge in [-0.05, 0) is 38.1 Å². The summed E-state index contributed by atoms with van der Waals surface area (Å²) < 4.78 is 0. The molecule has 2 aliphatic rings.